The van der Waals surface area contributed by atoms with Crippen LogP contribution in [-0.2, 0) is 6.54 Å². The van der Waals surface area contributed by atoms with Crippen molar-refractivity contribution >= 4 is 0 Å². The van der Waals surface area contributed by atoms with Gasteiger partial charge in [-0.1, -0.05) is 0 Å². The summed E-state index contributed by atoms with van der Waals surface area (Å²) in [4.78, 5) is 12.0. The summed E-state index contributed by atoms with van der Waals surface area (Å²) in [6, 6.07) is 1.95. The van der Waals surface area contributed by atoms with Gasteiger partial charge < -0.3 is 5.73 Å². The minimum absolute atomic E-state index is 0.260. The van der Waals surface area contributed by atoms with E-state index in [1.54, 1.807) is 18.6 Å². The summed E-state index contributed by atoms with van der Waals surface area (Å²) < 4.78 is 1.51. The summed E-state index contributed by atoms with van der Waals surface area (Å²) >= 11 is 0. The van der Waals surface area contributed by atoms with E-state index in [-0.39, 0.29) is 5.82 Å². The molecular weight excluding hydrogens is 192 g/mol. The van der Waals surface area contributed by atoms with Crippen LogP contribution in [0.25, 0.3) is 5.95 Å². The molecule has 0 unspecified atom stereocenters. The molecule has 0 fully saturated rings. The molecule has 0 radical (unpaired) electrons. The van der Waals surface area contributed by atoms with Crippen molar-refractivity contribution < 1.29 is 0 Å². The van der Waals surface area contributed by atoms with Gasteiger partial charge in [0.05, 0.1) is 0 Å². The highest BCUT2D eigenvalue weighted by molar-refractivity contribution is 5.23. The molecule has 0 amide bonds. The Labute approximate surface area is 86.0 Å². The molecular formula is C9H8N6. The molecule has 0 aliphatic rings. The van der Waals surface area contributed by atoms with Crippen molar-refractivity contribution in [2.24, 2.45) is 5.73 Å². The summed E-state index contributed by atoms with van der Waals surface area (Å²) in [5, 5.41) is 8.76. The van der Waals surface area contributed by atoms with Crippen LogP contribution in [0.3, 0.4) is 0 Å². The van der Waals surface area contributed by atoms with Gasteiger partial charge in [-0.3, -0.25) is 4.57 Å². The van der Waals surface area contributed by atoms with Gasteiger partial charge >= 0.3 is 0 Å². The number of hydrogen-bond acceptors (Lipinski definition) is 5. The molecule has 0 saturated carbocycles. The average Bonchev–Trinajstić information content (AvgIpc) is 2.77. The van der Waals surface area contributed by atoms with Gasteiger partial charge in [0.1, 0.15) is 6.07 Å². The van der Waals surface area contributed by atoms with Gasteiger partial charge in [0.2, 0.25) is 11.8 Å². The third kappa shape index (κ3) is 1.68. The molecule has 0 atom stereocenters. The quantitative estimate of drug-likeness (QED) is 0.736. The molecule has 2 rings (SSSR count). The predicted octanol–water partition coefficient (Wildman–Crippen LogP) is -0.00732. The van der Waals surface area contributed by atoms with Crippen LogP contribution in [0.4, 0.5) is 0 Å². The summed E-state index contributed by atoms with van der Waals surface area (Å²) in [6.07, 6.45) is 6.42. The zero-order valence-corrected chi connectivity index (χ0v) is 7.83. The molecule has 6 heteroatoms. The van der Waals surface area contributed by atoms with Crippen molar-refractivity contribution in [1.82, 2.24) is 19.5 Å². The molecule has 6 nitrogen and oxygen atoms in total. The molecule has 0 bridgehead atoms. The van der Waals surface area contributed by atoms with Crippen molar-refractivity contribution in [3.05, 3.63) is 36.2 Å². The van der Waals surface area contributed by atoms with Gasteiger partial charge in [0.15, 0.2) is 0 Å². The summed E-state index contributed by atoms with van der Waals surface area (Å²) in [5.74, 6) is 0.678. The van der Waals surface area contributed by atoms with Crippen LogP contribution >= 0.6 is 0 Å². The molecule has 0 aliphatic heterocycles. The number of nitrogens with two attached hydrogens (primary N) is 1. The minimum Gasteiger partial charge on any atom is -0.326 e. The highest BCUT2D eigenvalue weighted by Gasteiger charge is 2.05. The first-order chi connectivity index (χ1) is 7.35. The maximum atomic E-state index is 8.76. The lowest BCUT2D eigenvalue weighted by Gasteiger charge is -2.01. The summed E-state index contributed by atoms with van der Waals surface area (Å²) in [5.41, 5.74) is 6.27. The maximum Gasteiger partial charge on any atom is 0.235 e. The Morgan fingerprint density at radius 2 is 2.07 bits per heavy atom. The topological polar surface area (TPSA) is 93.4 Å². The van der Waals surface area contributed by atoms with Crippen molar-refractivity contribution in [3.8, 4) is 12.0 Å². The van der Waals surface area contributed by atoms with Crippen molar-refractivity contribution in [2.75, 3.05) is 0 Å². The smallest absolute Gasteiger partial charge is 0.235 e. The molecule has 2 N–H and O–H groups in total. The Morgan fingerprint density at radius 3 is 2.67 bits per heavy atom. The molecule has 0 aliphatic carbocycles. The second-order valence-corrected chi connectivity index (χ2v) is 2.83. The average molecular weight is 200 g/mol. The van der Waals surface area contributed by atoms with Gasteiger partial charge in [-0.05, 0) is 0 Å². The van der Waals surface area contributed by atoms with Crippen LogP contribution in [0.2, 0.25) is 0 Å². The lowest BCUT2D eigenvalue weighted by Crippen LogP contribution is -2.05. The first-order valence-electron chi connectivity index (χ1n) is 4.30. The summed E-state index contributed by atoms with van der Waals surface area (Å²) in [7, 11) is 0. The van der Waals surface area contributed by atoms with E-state index in [4.69, 9.17) is 11.0 Å². The molecule has 74 valence electrons. The molecule has 2 heterocycles. The Hall–Kier alpha value is -2.26. The number of hydrogen-bond donors (Lipinski definition) is 1. The van der Waals surface area contributed by atoms with E-state index < -0.39 is 0 Å². The Bertz CT molecular complexity index is 492. The zero-order valence-electron chi connectivity index (χ0n) is 7.83. The van der Waals surface area contributed by atoms with Gasteiger partial charge in [-0.25, -0.2) is 15.0 Å². The van der Waals surface area contributed by atoms with Crippen LogP contribution in [0.15, 0.2) is 24.8 Å². The van der Waals surface area contributed by atoms with E-state index in [2.05, 4.69) is 15.0 Å². The Kier molecular flexibility index (Phi) is 2.39. The van der Waals surface area contributed by atoms with Crippen LogP contribution in [0.5, 0.6) is 0 Å². The van der Waals surface area contributed by atoms with Crippen LogP contribution in [0, 0.1) is 11.3 Å². The number of rotatable bonds is 2. The lowest BCUT2D eigenvalue weighted by molar-refractivity contribution is 0.888. The highest BCUT2D eigenvalue weighted by atomic mass is 15.2. The molecule has 0 aromatic carbocycles. The number of imidazole rings is 1. The normalized spacial score (nSPS) is 9.87. The van der Waals surface area contributed by atoms with E-state index in [9.17, 15) is 0 Å². The van der Waals surface area contributed by atoms with Crippen LogP contribution in [-0.4, -0.2) is 19.5 Å². The third-order valence-corrected chi connectivity index (χ3v) is 1.88. The second kappa shape index (κ2) is 3.86. The fraction of sp³-hybridized carbons (Fsp3) is 0.111. The fourth-order valence-electron chi connectivity index (χ4n) is 1.13. The molecule has 0 spiro atoms. The number of aromatic nitrogens is 4. The summed E-state index contributed by atoms with van der Waals surface area (Å²) in [6.45, 7) is 0.398. The Balaban J connectivity index is 2.42. The second-order valence-electron chi connectivity index (χ2n) is 2.83. The van der Waals surface area contributed by atoms with E-state index in [0.29, 0.717) is 12.5 Å². The third-order valence-electron chi connectivity index (χ3n) is 1.88. The number of nitriles is 1. The molecule has 15 heavy (non-hydrogen) atoms. The fourth-order valence-corrected chi connectivity index (χ4v) is 1.13. The van der Waals surface area contributed by atoms with Crippen molar-refractivity contribution in [2.45, 2.75) is 6.54 Å². The van der Waals surface area contributed by atoms with Crippen molar-refractivity contribution in [1.29, 1.82) is 5.26 Å². The highest BCUT2D eigenvalue weighted by Crippen LogP contribution is 2.04. The SMILES string of the molecule is N#Cc1nccn1-c1ncc(CN)cn1. The lowest BCUT2D eigenvalue weighted by atomic mass is 10.3. The van der Waals surface area contributed by atoms with Crippen LogP contribution in [0.1, 0.15) is 11.4 Å². The van der Waals surface area contributed by atoms with Crippen LogP contribution < -0.4 is 5.73 Å². The van der Waals surface area contributed by atoms with E-state index in [1.807, 2.05) is 6.07 Å². The first-order valence-corrected chi connectivity index (χ1v) is 4.30. The maximum absolute atomic E-state index is 8.76. The monoisotopic (exact) mass is 200 g/mol. The predicted molar refractivity (Wildman–Crippen MR) is 51.8 cm³/mol. The molecule has 2 aromatic rings. The molecule has 0 saturated heterocycles. The minimum atomic E-state index is 0.260. The van der Waals surface area contributed by atoms with E-state index >= 15 is 0 Å². The van der Waals surface area contributed by atoms with Gasteiger partial charge in [0.25, 0.3) is 0 Å². The largest absolute Gasteiger partial charge is 0.326 e. The Morgan fingerprint density at radius 1 is 1.33 bits per heavy atom. The van der Waals surface area contributed by atoms with Crippen molar-refractivity contribution in [3.63, 3.8) is 0 Å². The zero-order chi connectivity index (χ0) is 10.7. The van der Waals surface area contributed by atoms with Gasteiger partial charge in [-0.2, -0.15) is 5.26 Å². The molecule has 2 aromatic heterocycles. The van der Waals surface area contributed by atoms with E-state index in [1.165, 1.54) is 10.8 Å². The number of nitrogens with zero attached hydrogens (tertiary/aromatic N) is 5. The first kappa shape index (κ1) is 9.30. The van der Waals surface area contributed by atoms with E-state index in [0.717, 1.165) is 5.56 Å². The van der Waals surface area contributed by atoms with Gasteiger partial charge in [0, 0.05) is 36.9 Å². The van der Waals surface area contributed by atoms with Gasteiger partial charge in [-0.15, -0.1) is 0 Å². The standard InChI is InChI=1S/C9H8N6/c10-3-7-5-13-9(14-6-7)15-2-1-12-8(15)4-11/h1-2,5-6H,3,10H2.